The quantitative estimate of drug-likeness (QED) is 0.855. The third-order valence-corrected chi connectivity index (χ3v) is 4.04. The van der Waals surface area contributed by atoms with Crippen LogP contribution in [0.2, 0.25) is 0 Å². The van der Waals surface area contributed by atoms with Gasteiger partial charge in [0.25, 0.3) is 0 Å². The first-order valence-corrected chi connectivity index (χ1v) is 8.28. The molecule has 3 heterocycles. The number of urea groups is 1. The van der Waals surface area contributed by atoms with E-state index >= 15 is 0 Å². The van der Waals surface area contributed by atoms with E-state index in [0.717, 1.165) is 24.9 Å². The van der Waals surface area contributed by atoms with Crippen molar-refractivity contribution in [2.45, 2.75) is 38.5 Å². The topological polar surface area (TPSA) is 103 Å². The van der Waals surface area contributed by atoms with Crippen molar-refractivity contribution in [1.82, 2.24) is 25.3 Å². The number of carbonyl (C=O) groups is 1. The maximum absolute atomic E-state index is 12.3. The maximum atomic E-state index is 12.3. The lowest BCUT2D eigenvalue weighted by molar-refractivity contribution is -0.00701. The van der Waals surface area contributed by atoms with Gasteiger partial charge in [-0.2, -0.15) is 5.10 Å². The predicted molar refractivity (Wildman–Crippen MR) is 90.4 cm³/mol. The van der Waals surface area contributed by atoms with E-state index in [1.165, 1.54) is 7.11 Å². The molecule has 0 aromatic carbocycles. The van der Waals surface area contributed by atoms with Crippen LogP contribution in [0.1, 0.15) is 31.4 Å². The van der Waals surface area contributed by atoms with Crippen LogP contribution in [0.4, 0.5) is 10.6 Å². The minimum Gasteiger partial charge on any atom is -0.480 e. The summed E-state index contributed by atoms with van der Waals surface area (Å²) < 4.78 is 12.7. The van der Waals surface area contributed by atoms with Gasteiger partial charge in [0.2, 0.25) is 5.88 Å². The molecule has 1 saturated heterocycles. The van der Waals surface area contributed by atoms with Gasteiger partial charge in [-0.25, -0.2) is 4.79 Å². The smallest absolute Gasteiger partial charge is 0.320 e. The Kier molecular flexibility index (Phi) is 5.44. The third-order valence-electron chi connectivity index (χ3n) is 4.04. The van der Waals surface area contributed by atoms with E-state index in [1.807, 2.05) is 17.8 Å². The van der Waals surface area contributed by atoms with Crippen molar-refractivity contribution in [1.29, 1.82) is 0 Å². The van der Waals surface area contributed by atoms with Crippen molar-refractivity contribution < 1.29 is 14.3 Å². The molecule has 0 unspecified atom stereocenters. The largest absolute Gasteiger partial charge is 0.480 e. The van der Waals surface area contributed by atoms with Gasteiger partial charge in [0.15, 0.2) is 5.82 Å². The van der Waals surface area contributed by atoms with Crippen LogP contribution in [0.15, 0.2) is 24.5 Å². The van der Waals surface area contributed by atoms with Crippen LogP contribution in [0.25, 0.3) is 0 Å². The Hall–Kier alpha value is -2.68. The number of aryl methyl sites for hydroxylation is 1. The lowest BCUT2D eigenvalue weighted by atomic mass is 9.98. The fraction of sp³-hybridized carbons (Fsp3) is 0.500. The standard InChI is InChI=1S/C16H22N6O3/c1-3-22-10-11(9-17-22)15-12(5-4-8-25-15)18-16(23)19-13-6-7-14(24-2)21-20-13/h6-7,9-10,12,15H,3-5,8H2,1-2H3,(H2,18,19,20,23)/t12-,15+/m0/s1. The highest BCUT2D eigenvalue weighted by Crippen LogP contribution is 2.28. The lowest BCUT2D eigenvalue weighted by Gasteiger charge is -2.31. The molecule has 2 amide bonds. The Morgan fingerprint density at radius 2 is 2.32 bits per heavy atom. The number of amides is 2. The van der Waals surface area contributed by atoms with Crippen LogP contribution in [0.5, 0.6) is 5.88 Å². The highest BCUT2D eigenvalue weighted by molar-refractivity contribution is 5.88. The van der Waals surface area contributed by atoms with Gasteiger partial charge in [-0.15, -0.1) is 10.2 Å². The molecule has 25 heavy (non-hydrogen) atoms. The molecular formula is C16H22N6O3. The SMILES string of the molecule is CCn1cc([C@H]2OCCC[C@@H]2NC(=O)Nc2ccc(OC)nn2)cn1. The number of hydrogen-bond acceptors (Lipinski definition) is 6. The second-order valence-electron chi connectivity index (χ2n) is 5.73. The first kappa shape index (κ1) is 17.2. The molecule has 9 nitrogen and oxygen atoms in total. The second kappa shape index (κ2) is 7.93. The average Bonchev–Trinajstić information content (AvgIpc) is 3.12. The summed E-state index contributed by atoms with van der Waals surface area (Å²) in [7, 11) is 1.51. The van der Waals surface area contributed by atoms with E-state index in [9.17, 15) is 4.79 Å². The molecule has 2 atom stereocenters. The fourth-order valence-electron chi connectivity index (χ4n) is 2.77. The molecule has 1 fully saturated rings. The Bertz CT molecular complexity index is 702. The third kappa shape index (κ3) is 4.24. The van der Waals surface area contributed by atoms with Gasteiger partial charge in [0.1, 0.15) is 6.10 Å². The first-order chi connectivity index (χ1) is 12.2. The highest BCUT2D eigenvalue weighted by Gasteiger charge is 2.30. The van der Waals surface area contributed by atoms with E-state index < -0.39 is 0 Å². The number of nitrogens with one attached hydrogen (secondary N) is 2. The fourth-order valence-corrected chi connectivity index (χ4v) is 2.77. The van der Waals surface area contributed by atoms with Crippen molar-refractivity contribution in [2.75, 3.05) is 19.0 Å². The molecule has 134 valence electrons. The number of anilines is 1. The zero-order chi connectivity index (χ0) is 17.6. The van der Waals surface area contributed by atoms with Crippen molar-refractivity contribution in [3.05, 3.63) is 30.1 Å². The van der Waals surface area contributed by atoms with Crippen LogP contribution in [0, 0.1) is 0 Å². The minimum absolute atomic E-state index is 0.130. The summed E-state index contributed by atoms with van der Waals surface area (Å²) in [5, 5.41) is 17.6. The Balaban J connectivity index is 1.63. The highest BCUT2D eigenvalue weighted by atomic mass is 16.5. The van der Waals surface area contributed by atoms with Crippen molar-refractivity contribution >= 4 is 11.8 Å². The van der Waals surface area contributed by atoms with Gasteiger partial charge in [0.05, 0.1) is 19.3 Å². The summed E-state index contributed by atoms with van der Waals surface area (Å²) in [6.07, 6.45) is 5.27. The summed E-state index contributed by atoms with van der Waals surface area (Å²) >= 11 is 0. The van der Waals surface area contributed by atoms with Crippen molar-refractivity contribution in [3.63, 3.8) is 0 Å². The number of hydrogen-bond donors (Lipinski definition) is 2. The van der Waals surface area contributed by atoms with Gasteiger partial charge >= 0.3 is 6.03 Å². The van der Waals surface area contributed by atoms with Crippen molar-refractivity contribution in [3.8, 4) is 5.88 Å². The van der Waals surface area contributed by atoms with Crippen LogP contribution in [0.3, 0.4) is 0 Å². The zero-order valence-electron chi connectivity index (χ0n) is 14.3. The Labute approximate surface area is 145 Å². The number of rotatable bonds is 5. The summed E-state index contributed by atoms with van der Waals surface area (Å²) in [4.78, 5) is 12.3. The van der Waals surface area contributed by atoms with Crippen LogP contribution >= 0.6 is 0 Å². The van der Waals surface area contributed by atoms with Gasteiger partial charge in [0, 0.05) is 31.0 Å². The number of methoxy groups -OCH3 is 1. The molecule has 2 aromatic rings. The van der Waals surface area contributed by atoms with E-state index in [1.54, 1.807) is 18.3 Å². The Morgan fingerprint density at radius 1 is 1.44 bits per heavy atom. The maximum Gasteiger partial charge on any atom is 0.320 e. The first-order valence-electron chi connectivity index (χ1n) is 8.28. The zero-order valence-corrected chi connectivity index (χ0v) is 14.3. The second-order valence-corrected chi connectivity index (χ2v) is 5.73. The molecule has 0 radical (unpaired) electrons. The summed E-state index contributed by atoms with van der Waals surface area (Å²) in [6, 6.07) is 2.79. The summed E-state index contributed by atoms with van der Waals surface area (Å²) in [6.45, 7) is 3.49. The molecule has 0 bridgehead atoms. The minimum atomic E-state index is -0.345. The molecular weight excluding hydrogens is 324 g/mol. The van der Waals surface area contributed by atoms with Gasteiger partial charge in [-0.3, -0.25) is 10.00 Å². The molecule has 0 aliphatic carbocycles. The molecule has 1 aliphatic rings. The molecule has 0 spiro atoms. The normalized spacial score (nSPS) is 20.1. The van der Waals surface area contributed by atoms with E-state index in [-0.39, 0.29) is 18.2 Å². The molecule has 2 aromatic heterocycles. The Morgan fingerprint density at radius 3 is 3.00 bits per heavy atom. The molecule has 0 saturated carbocycles. The van der Waals surface area contributed by atoms with Gasteiger partial charge < -0.3 is 14.8 Å². The van der Waals surface area contributed by atoms with E-state index in [2.05, 4.69) is 25.9 Å². The average molecular weight is 346 g/mol. The van der Waals surface area contributed by atoms with Gasteiger partial charge in [-0.05, 0) is 25.8 Å². The monoisotopic (exact) mass is 346 g/mol. The van der Waals surface area contributed by atoms with Crippen LogP contribution in [-0.4, -0.2) is 45.8 Å². The number of nitrogens with zero attached hydrogens (tertiary/aromatic N) is 4. The molecule has 2 N–H and O–H groups in total. The van der Waals surface area contributed by atoms with Crippen LogP contribution < -0.4 is 15.4 Å². The van der Waals surface area contributed by atoms with Gasteiger partial charge in [-0.1, -0.05) is 0 Å². The molecule has 3 rings (SSSR count). The van der Waals surface area contributed by atoms with E-state index in [0.29, 0.717) is 18.3 Å². The predicted octanol–water partition coefficient (Wildman–Crippen LogP) is 1.74. The van der Waals surface area contributed by atoms with Crippen molar-refractivity contribution in [2.24, 2.45) is 0 Å². The van der Waals surface area contributed by atoms with Crippen LogP contribution in [-0.2, 0) is 11.3 Å². The number of ether oxygens (including phenoxy) is 2. The lowest BCUT2D eigenvalue weighted by Crippen LogP contribution is -2.44. The number of aromatic nitrogens is 4. The molecule has 9 heteroatoms. The van der Waals surface area contributed by atoms with E-state index in [4.69, 9.17) is 9.47 Å². The summed E-state index contributed by atoms with van der Waals surface area (Å²) in [5.41, 5.74) is 0.969. The molecule has 1 aliphatic heterocycles. The number of carbonyl (C=O) groups excluding carboxylic acids is 1. The summed E-state index contributed by atoms with van der Waals surface area (Å²) in [5.74, 6) is 0.741.